The molecule has 0 saturated heterocycles. The lowest BCUT2D eigenvalue weighted by atomic mass is 9.75. The van der Waals surface area contributed by atoms with Gasteiger partial charge in [0.05, 0.1) is 36.8 Å². The largest absolute Gasteiger partial charge is 0.496 e. The zero-order valence-corrected chi connectivity index (χ0v) is 22.6. The van der Waals surface area contributed by atoms with Crippen molar-refractivity contribution < 1.29 is 37.7 Å². The van der Waals surface area contributed by atoms with Gasteiger partial charge in [-0.3, -0.25) is 18.8 Å². The van der Waals surface area contributed by atoms with E-state index in [1.165, 1.54) is 13.2 Å². The summed E-state index contributed by atoms with van der Waals surface area (Å²) >= 11 is 0. The van der Waals surface area contributed by atoms with Crippen molar-refractivity contribution in [2.24, 2.45) is 28.6 Å². The summed E-state index contributed by atoms with van der Waals surface area (Å²) in [5.41, 5.74) is -1.14. The van der Waals surface area contributed by atoms with Gasteiger partial charge in [-0.1, -0.05) is 0 Å². The molecule has 4 atom stereocenters. The van der Waals surface area contributed by atoms with Gasteiger partial charge in [-0.05, 0) is 82.6 Å². The van der Waals surface area contributed by atoms with E-state index < -0.39 is 41.1 Å². The van der Waals surface area contributed by atoms with Gasteiger partial charge in [-0.2, -0.15) is 0 Å². The normalized spacial score (nSPS) is 32.4. The third kappa shape index (κ3) is 5.43. The number of methoxy groups -OCH3 is 1. The van der Waals surface area contributed by atoms with E-state index >= 15 is 0 Å². The molecule has 4 aliphatic rings. The number of alkyl halides is 1. The van der Waals surface area contributed by atoms with E-state index in [-0.39, 0.29) is 47.0 Å². The maximum Gasteiger partial charge on any atom is 0.309 e. The first-order chi connectivity index (χ1) is 18.6. The lowest BCUT2D eigenvalue weighted by Gasteiger charge is -2.34. The van der Waals surface area contributed by atoms with Crippen molar-refractivity contribution >= 4 is 17.8 Å². The molecule has 0 radical (unpaired) electrons. The zero-order chi connectivity index (χ0) is 27.9. The molecule has 214 valence electrons. The Balaban J connectivity index is 1.28. The summed E-state index contributed by atoms with van der Waals surface area (Å²) in [5.74, 6) is -2.24. The second-order valence-corrected chi connectivity index (χ2v) is 12.4. The molecule has 10 heteroatoms. The fourth-order valence-electron chi connectivity index (χ4n) is 6.74. The number of carbonyl (C=O) groups is 3. The number of hydrogen-bond donors (Lipinski definition) is 3. The number of carboxylic acid groups (broad SMARTS) is 1. The molecule has 2 bridgehead atoms. The van der Waals surface area contributed by atoms with E-state index in [1.54, 1.807) is 6.92 Å². The predicted octanol–water partition coefficient (Wildman–Crippen LogP) is 4.26. The summed E-state index contributed by atoms with van der Waals surface area (Å²) < 4.78 is 39.4. The van der Waals surface area contributed by atoms with Gasteiger partial charge in [0, 0.05) is 24.1 Å². The molecule has 1 aromatic carbocycles. The number of benzene rings is 1. The summed E-state index contributed by atoms with van der Waals surface area (Å²) in [6, 6.07) is 2.07. The van der Waals surface area contributed by atoms with E-state index in [9.17, 15) is 28.3 Å². The SMILES string of the molecule is COc1cc(F)c(OC2CCC(C)(C(=O)O)CC2)cc1C(=O)N[C@@H]1[C@H]2CC[C@H](C2)[C@@H]1C(=O)NCC1(CF)CC1. The van der Waals surface area contributed by atoms with Crippen LogP contribution in [0.3, 0.4) is 0 Å². The lowest BCUT2D eigenvalue weighted by Crippen LogP contribution is -2.50. The Hall–Kier alpha value is -2.91. The molecule has 4 fully saturated rings. The van der Waals surface area contributed by atoms with Gasteiger partial charge < -0.3 is 25.2 Å². The van der Waals surface area contributed by atoms with Crippen LogP contribution in [0.5, 0.6) is 11.5 Å². The highest BCUT2D eigenvalue weighted by Gasteiger charge is 2.52. The van der Waals surface area contributed by atoms with Gasteiger partial charge in [0.1, 0.15) is 5.75 Å². The second kappa shape index (κ2) is 10.6. The number of carboxylic acids is 1. The molecule has 4 saturated carbocycles. The number of amides is 2. The van der Waals surface area contributed by atoms with Crippen LogP contribution < -0.4 is 20.1 Å². The van der Waals surface area contributed by atoms with Crippen molar-refractivity contribution in [2.45, 2.75) is 76.9 Å². The molecule has 0 spiro atoms. The number of rotatable bonds is 10. The second-order valence-electron chi connectivity index (χ2n) is 12.4. The Bertz CT molecular complexity index is 1130. The number of fused-ring (bicyclic) bond motifs is 2. The molecule has 2 amide bonds. The standard InChI is InChI=1S/C29H38F2N2O6/c1-28(27(36)37)7-5-18(6-8-28)39-22-12-19(21(38-2)13-20(22)31)25(34)33-24-17-4-3-16(11-17)23(24)26(35)32-15-29(14-30)9-10-29/h12-13,16-18,23-24H,3-11,14-15H2,1-2H3,(H,32,35)(H,33,34)(H,36,37)/t16-,17+,18?,23+,24-,28?/m1/s1. The van der Waals surface area contributed by atoms with Crippen LogP contribution in [-0.4, -0.2) is 55.4 Å². The first-order valence-corrected chi connectivity index (χ1v) is 14.0. The highest BCUT2D eigenvalue weighted by atomic mass is 19.1. The average Bonchev–Trinajstić information content (AvgIpc) is 3.43. The van der Waals surface area contributed by atoms with E-state index in [1.807, 2.05) is 0 Å². The Morgan fingerprint density at radius 3 is 2.36 bits per heavy atom. The van der Waals surface area contributed by atoms with Crippen LogP contribution in [0, 0.1) is 34.4 Å². The molecule has 4 aliphatic carbocycles. The number of nitrogens with one attached hydrogen (secondary N) is 2. The molecule has 39 heavy (non-hydrogen) atoms. The maximum atomic E-state index is 14.9. The Morgan fingerprint density at radius 1 is 1.05 bits per heavy atom. The first-order valence-electron chi connectivity index (χ1n) is 14.0. The molecular weight excluding hydrogens is 510 g/mol. The summed E-state index contributed by atoms with van der Waals surface area (Å²) in [6.07, 6.45) is 5.62. The van der Waals surface area contributed by atoms with E-state index in [0.717, 1.165) is 38.2 Å². The van der Waals surface area contributed by atoms with E-state index in [2.05, 4.69) is 10.6 Å². The highest BCUT2D eigenvalue weighted by Crippen LogP contribution is 2.50. The summed E-state index contributed by atoms with van der Waals surface area (Å²) in [7, 11) is 1.35. The summed E-state index contributed by atoms with van der Waals surface area (Å²) in [6.45, 7) is 1.57. The summed E-state index contributed by atoms with van der Waals surface area (Å²) in [5, 5.41) is 15.4. The van der Waals surface area contributed by atoms with Gasteiger partial charge in [-0.15, -0.1) is 0 Å². The van der Waals surface area contributed by atoms with Crippen LogP contribution >= 0.6 is 0 Å². The molecule has 0 heterocycles. The van der Waals surface area contributed by atoms with Crippen molar-refractivity contribution in [3.05, 3.63) is 23.5 Å². The Morgan fingerprint density at radius 2 is 1.74 bits per heavy atom. The highest BCUT2D eigenvalue weighted by molar-refractivity contribution is 5.98. The van der Waals surface area contributed by atoms with Crippen molar-refractivity contribution in [3.63, 3.8) is 0 Å². The predicted molar refractivity (Wildman–Crippen MR) is 138 cm³/mol. The van der Waals surface area contributed by atoms with Crippen molar-refractivity contribution in [2.75, 3.05) is 20.3 Å². The number of carbonyl (C=O) groups excluding carboxylic acids is 2. The topological polar surface area (TPSA) is 114 Å². The minimum absolute atomic E-state index is 0.0576. The smallest absolute Gasteiger partial charge is 0.309 e. The average molecular weight is 549 g/mol. The third-order valence-electron chi connectivity index (χ3n) is 9.74. The number of halogens is 2. The van der Waals surface area contributed by atoms with E-state index in [4.69, 9.17) is 9.47 Å². The number of hydrogen-bond acceptors (Lipinski definition) is 5. The minimum Gasteiger partial charge on any atom is -0.496 e. The number of ether oxygens (including phenoxy) is 2. The first kappa shape index (κ1) is 27.6. The molecule has 0 unspecified atom stereocenters. The Labute approximate surface area is 227 Å². The van der Waals surface area contributed by atoms with Gasteiger partial charge in [-0.25, -0.2) is 4.39 Å². The van der Waals surface area contributed by atoms with Crippen molar-refractivity contribution in [1.82, 2.24) is 10.6 Å². The van der Waals surface area contributed by atoms with Gasteiger partial charge in [0.25, 0.3) is 5.91 Å². The quantitative estimate of drug-likeness (QED) is 0.403. The van der Waals surface area contributed by atoms with Crippen LogP contribution in [0.25, 0.3) is 0 Å². The molecule has 5 rings (SSSR count). The maximum absolute atomic E-state index is 14.9. The number of aliphatic carboxylic acids is 1. The van der Waals surface area contributed by atoms with Crippen LogP contribution in [0.2, 0.25) is 0 Å². The molecule has 8 nitrogen and oxygen atoms in total. The minimum atomic E-state index is -0.849. The monoisotopic (exact) mass is 548 g/mol. The molecule has 0 aliphatic heterocycles. The molecule has 1 aromatic rings. The van der Waals surface area contributed by atoms with Gasteiger partial charge in [0.15, 0.2) is 11.6 Å². The van der Waals surface area contributed by atoms with Crippen LogP contribution in [0.15, 0.2) is 12.1 Å². The van der Waals surface area contributed by atoms with Crippen LogP contribution in [0.1, 0.15) is 75.1 Å². The molecule has 3 N–H and O–H groups in total. The summed E-state index contributed by atoms with van der Waals surface area (Å²) in [4.78, 5) is 38.2. The molecule has 0 aromatic heterocycles. The van der Waals surface area contributed by atoms with Gasteiger partial charge >= 0.3 is 5.97 Å². The fourth-order valence-corrected chi connectivity index (χ4v) is 6.74. The van der Waals surface area contributed by atoms with Gasteiger partial charge in [0.2, 0.25) is 5.91 Å². The third-order valence-corrected chi connectivity index (χ3v) is 9.74. The van der Waals surface area contributed by atoms with Crippen molar-refractivity contribution in [3.8, 4) is 11.5 Å². The Kier molecular flexibility index (Phi) is 7.50. The lowest BCUT2D eigenvalue weighted by molar-refractivity contribution is -0.150. The van der Waals surface area contributed by atoms with Crippen LogP contribution in [-0.2, 0) is 9.59 Å². The van der Waals surface area contributed by atoms with E-state index in [0.29, 0.717) is 32.2 Å². The van der Waals surface area contributed by atoms with Crippen LogP contribution in [0.4, 0.5) is 8.78 Å². The molecular formula is C29H38F2N2O6. The zero-order valence-electron chi connectivity index (χ0n) is 22.6. The van der Waals surface area contributed by atoms with Crippen molar-refractivity contribution in [1.29, 1.82) is 0 Å². The fraction of sp³-hybridized carbons (Fsp3) is 0.690.